The minimum Gasteiger partial charge on any atom is -0.482 e. The van der Waals surface area contributed by atoms with E-state index < -0.39 is 6.04 Å². The lowest BCUT2D eigenvalue weighted by Crippen LogP contribution is -2.52. The highest BCUT2D eigenvalue weighted by molar-refractivity contribution is 6.35. The summed E-state index contributed by atoms with van der Waals surface area (Å²) in [5.74, 6) is 0.00715. The summed E-state index contributed by atoms with van der Waals surface area (Å²) in [6, 6.07) is 12.4. The van der Waals surface area contributed by atoms with Crippen molar-refractivity contribution in [3.8, 4) is 5.75 Å². The minimum absolute atomic E-state index is 0.102. The van der Waals surface area contributed by atoms with E-state index in [4.69, 9.17) is 27.9 Å². The van der Waals surface area contributed by atoms with Crippen LogP contribution in [0.1, 0.15) is 56.6 Å². The highest BCUT2D eigenvalue weighted by atomic mass is 35.5. The Bertz CT molecular complexity index is 960. The smallest absolute Gasteiger partial charge is 0.261 e. The number of carbonyl (C=O) groups excluding carboxylic acids is 2. The number of rotatable bonds is 9. The number of ether oxygens (including phenoxy) is 1. The van der Waals surface area contributed by atoms with Crippen LogP contribution in [0.2, 0.25) is 10.0 Å². The largest absolute Gasteiger partial charge is 0.482 e. The van der Waals surface area contributed by atoms with Crippen LogP contribution < -0.4 is 10.1 Å². The Morgan fingerprint density at radius 1 is 1.12 bits per heavy atom. The zero-order chi connectivity index (χ0) is 23.8. The summed E-state index contributed by atoms with van der Waals surface area (Å²) in [4.78, 5) is 28.2. The van der Waals surface area contributed by atoms with Gasteiger partial charge in [-0.25, -0.2) is 0 Å². The molecule has 0 aliphatic heterocycles. The highest BCUT2D eigenvalue weighted by Crippen LogP contribution is 2.27. The van der Waals surface area contributed by atoms with E-state index in [-0.39, 0.29) is 24.5 Å². The van der Waals surface area contributed by atoms with Crippen LogP contribution in [0.3, 0.4) is 0 Å². The summed E-state index contributed by atoms with van der Waals surface area (Å²) in [6.45, 7) is 4.04. The van der Waals surface area contributed by atoms with Gasteiger partial charge in [0.05, 0.1) is 5.02 Å². The van der Waals surface area contributed by atoms with Crippen molar-refractivity contribution in [1.82, 2.24) is 10.2 Å². The molecule has 178 valence electrons. The second-order valence-corrected chi connectivity index (χ2v) is 9.49. The Hall–Kier alpha value is -2.24. The Labute approximate surface area is 206 Å². The zero-order valence-electron chi connectivity index (χ0n) is 19.3. The van der Waals surface area contributed by atoms with Gasteiger partial charge in [0.1, 0.15) is 11.8 Å². The predicted molar refractivity (Wildman–Crippen MR) is 133 cm³/mol. The van der Waals surface area contributed by atoms with Crippen LogP contribution in [-0.4, -0.2) is 35.4 Å². The Morgan fingerprint density at radius 3 is 2.55 bits per heavy atom. The molecule has 1 unspecified atom stereocenters. The van der Waals surface area contributed by atoms with Crippen molar-refractivity contribution < 1.29 is 14.3 Å². The fourth-order valence-corrected chi connectivity index (χ4v) is 4.75. The first-order valence-corrected chi connectivity index (χ1v) is 12.4. The van der Waals surface area contributed by atoms with Gasteiger partial charge in [-0.1, -0.05) is 79.2 Å². The lowest BCUT2D eigenvalue weighted by molar-refractivity contribution is -0.143. The van der Waals surface area contributed by atoms with Gasteiger partial charge in [-0.2, -0.15) is 0 Å². The standard InChI is InChI=1S/C26H32Cl2N2O3/c1-3-23(26(32)29-21-10-5-4-6-11-21)30(16-19-9-7-8-18(2)14-19)25(31)17-33-24-13-12-20(27)15-22(24)28/h7-9,12-15,21,23H,3-6,10-11,16-17H2,1-2H3,(H,29,32). The monoisotopic (exact) mass is 490 g/mol. The summed E-state index contributed by atoms with van der Waals surface area (Å²) >= 11 is 12.1. The average Bonchev–Trinajstić information content (AvgIpc) is 2.79. The summed E-state index contributed by atoms with van der Waals surface area (Å²) in [6.07, 6.45) is 5.97. The molecule has 1 aliphatic rings. The molecule has 33 heavy (non-hydrogen) atoms. The fraction of sp³-hybridized carbons (Fsp3) is 0.462. The van der Waals surface area contributed by atoms with E-state index in [1.54, 1.807) is 23.1 Å². The van der Waals surface area contributed by atoms with Gasteiger partial charge in [0, 0.05) is 17.6 Å². The lowest BCUT2D eigenvalue weighted by Gasteiger charge is -2.32. The van der Waals surface area contributed by atoms with Gasteiger partial charge in [0.2, 0.25) is 5.91 Å². The van der Waals surface area contributed by atoms with E-state index in [9.17, 15) is 9.59 Å². The van der Waals surface area contributed by atoms with Crippen molar-refractivity contribution in [2.24, 2.45) is 0 Å². The zero-order valence-corrected chi connectivity index (χ0v) is 20.8. The number of halogens is 2. The first kappa shape index (κ1) is 25.4. The third-order valence-electron chi connectivity index (χ3n) is 6.02. The van der Waals surface area contributed by atoms with Gasteiger partial charge < -0.3 is 15.0 Å². The van der Waals surface area contributed by atoms with Crippen molar-refractivity contribution in [3.05, 3.63) is 63.6 Å². The van der Waals surface area contributed by atoms with E-state index >= 15 is 0 Å². The molecule has 0 spiro atoms. The van der Waals surface area contributed by atoms with E-state index in [2.05, 4.69) is 5.32 Å². The Kier molecular flexibility index (Phi) is 9.45. The Morgan fingerprint density at radius 2 is 1.88 bits per heavy atom. The third-order valence-corrected chi connectivity index (χ3v) is 6.55. The maximum Gasteiger partial charge on any atom is 0.261 e. The molecule has 2 aromatic carbocycles. The molecule has 7 heteroatoms. The first-order chi connectivity index (χ1) is 15.9. The van der Waals surface area contributed by atoms with Gasteiger partial charge in [0.15, 0.2) is 6.61 Å². The van der Waals surface area contributed by atoms with Crippen LogP contribution in [0.25, 0.3) is 0 Å². The number of hydrogen-bond acceptors (Lipinski definition) is 3. The molecule has 2 aromatic rings. The van der Waals surface area contributed by atoms with Crippen molar-refractivity contribution in [2.75, 3.05) is 6.61 Å². The summed E-state index contributed by atoms with van der Waals surface area (Å²) in [5.41, 5.74) is 2.07. The molecule has 1 saturated carbocycles. The molecule has 1 N–H and O–H groups in total. The Balaban J connectivity index is 1.77. The normalized spacial score (nSPS) is 15.0. The first-order valence-electron chi connectivity index (χ1n) is 11.6. The maximum atomic E-state index is 13.3. The molecule has 0 radical (unpaired) electrons. The number of carbonyl (C=O) groups is 2. The molecule has 0 bridgehead atoms. The summed E-state index contributed by atoms with van der Waals surface area (Å²) in [7, 11) is 0. The van der Waals surface area contributed by atoms with E-state index in [1.807, 2.05) is 38.1 Å². The lowest BCUT2D eigenvalue weighted by atomic mass is 9.95. The predicted octanol–water partition coefficient (Wildman–Crippen LogP) is 5.94. The number of hydrogen-bond donors (Lipinski definition) is 1. The van der Waals surface area contributed by atoms with Crippen LogP contribution in [0, 0.1) is 6.92 Å². The van der Waals surface area contributed by atoms with Crippen LogP contribution in [0.5, 0.6) is 5.75 Å². The summed E-state index contributed by atoms with van der Waals surface area (Å²) < 4.78 is 5.71. The van der Waals surface area contributed by atoms with Crippen molar-refractivity contribution in [3.63, 3.8) is 0 Å². The molecule has 0 saturated heterocycles. The maximum absolute atomic E-state index is 13.3. The SMILES string of the molecule is CCC(C(=O)NC1CCCCC1)N(Cc1cccc(C)c1)C(=O)COc1ccc(Cl)cc1Cl. The molecule has 1 atom stereocenters. The topological polar surface area (TPSA) is 58.6 Å². The molecular weight excluding hydrogens is 459 g/mol. The van der Waals surface area contributed by atoms with Crippen LogP contribution in [0.15, 0.2) is 42.5 Å². The molecular formula is C26H32Cl2N2O3. The van der Waals surface area contributed by atoms with Crippen LogP contribution in [0.4, 0.5) is 0 Å². The van der Waals surface area contributed by atoms with E-state index in [0.29, 0.717) is 28.8 Å². The molecule has 1 fully saturated rings. The second-order valence-electron chi connectivity index (χ2n) is 8.64. The second kappa shape index (κ2) is 12.3. The van der Waals surface area contributed by atoms with Gasteiger partial charge in [-0.3, -0.25) is 9.59 Å². The quantitative estimate of drug-likeness (QED) is 0.473. The van der Waals surface area contributed by atoms with Crippen molar-refractivity contribution >= 4 is 35.0 Å². The van der Waals surface area contributed by atoms with Gasteiger partial charge >= 0.3 is 0 Å². The number of nitrogens with one attached hydrogen (secondary N) is 1. The third kappa shape index (κ3) is 7.38. The van der Waals surface area contributed by atoms with Gasteiger partial charge in [0.25, 0.3) is 5.91 Å². The van der Waals surface area contributed by atoms with Crippen molar-refractivity contribution in [2.45, 2.75) is 71.0 Å². The number of nitrogens with zero attached hydrogens (tertiary/aromatic N) is 1. The molecule has 2 amide bonds. The molecule has 0 aromatic heterocycles. The molecule has 3 rings (SSSR count). The number of benzene rings is 2. The molecule has 1 aliphatic carbocycles. The van der Waals surface area contributed by atoms with Crippen LogP contribution in [-0.2, 0) is 16.1 Å². The van der Waals surface area contributed by atoms with E-state index in [0.717, 1.165) is 36.8 Å². The minimum atomic E-state index is -0.579. The van der Waals surface area contributed by atoms with Gasteiger partial charge in [-0.15, -0.1) is 0 Å². The molecule has 0 heterocycles. The van der Waals surface area contributed by atoms with E-state index in [1.165, 1.54) is 6.42 Å². The number of aryl methyl sites for hydroxylation is 1. The van der Waals surface area contributed by atoms with Gasteiger partial charge in [-0.05, 0) is 49.9 Å². The average molecular weight is 491 g/mol. The summed E-state index contributed by atoms with van der Waals surface area (Å²) in [5, 5.41) is 4.01. The highest BCUT2D eigenvalue weighted by Gasteiger charge is 2.30. The van der Waals surface area contributed by atoms with Crippen molar-refractivity contribution in [1.29, 1.82) is 0 Å². The fourth-order valence-electron chi connectivity index (χ4n) is 4.29. The van der Waals surface area contributed by atoms with Crippen LogP contribution >= 0.6 is 23.2 Å². The molecule has 5 nitrogen and oxygen atoms in total. The number of amides is 2.